The van der Waals surface area contributed by atoms with Crippen LogP contribution in [-0.2, 0) is 4.79 Å². The zero-order valence-corrected chi connectivity index (χ0v) is 19.4. The highest BCUT2D eigenvalue weighted by Crippen LogP contribution is 2.47. The maximum Gasteiger partial charge on any atom is 0.257 e. The number of hydrogen-bond acceptors (Lipinski definition) is 8. The van der Waals surface area contributed by atoms with Gasteiger partial charge in [0.25, 0.3) is 5.56 Å². The number of rotatable bonds is 6. The van der Waals surface area contributed by atoms with Gasteiger partial charge in [-0.2, -0.15) is 0 Å². The molecule has 3 N–H and O–H groups in total. The number of Topliss-reactive ketones (excluding diaryl/α,β-unsaturated/α-hetero) is 1. The van der Waals surface area contributed by atoms with Gasteiger partial charge >= 0.3 is 0 Å². The number of aromatic amines is 1. The molecule has 1 aromatic heterocycles. The van der Waals surface area contributed by atoms with Gasteiger partial charge in [-0.05, 0) is 37.0 Å². The Kier molecular flexibility index (Phi) is 6.19. The Labute approximate surface area is 190 Å². The van der Waals surface area contributed by atoms with Crippen LogP contribution in [0.25, 0.3) is 0 Å². The lowest BCUT2D eigenvalue weighted by Crippen LogP contribution is -2.32. The highest BCUT2D eigenvalue weighted by molar-refractivity contribution is 7.99. The van der Waals surface area contributed by atoms with E-state index in [2.05, 4.69) is 24.1 Å². The Morgan fingerprint density at radius 3 is 2.53 bits per heavy atom. The quantitative estimate of drug-likeness (QED) is 0.441. The van der Waals surface area contributed by atoms with Crippen LogP contribution in [0, 0.1) is 0 Å². The number of H-pyrrole nitrogens is 1. The minimum Gasteiger partial charge on any atom is -0.502 e. The number of anilines is 1. The van der Waals surface area contributed by atoms with Crippen molar-refractivity contribution in [2.75, 3.05) is 19.5 Å². The Morgan fingerprint density at radius 1 is 1.22 bits per heavy atom. The number of aromatic nitrogens is 2. The number of thioether (sulfide) groups is 1. The van der Waals surface area contributed by atoms with E-state index in [0.717, 1.165) is 18.5 Å². The molecule has 0 fully saturated rings. The summed E-state index contributed by atoms with van der Waals surface area (Å²) in [5.74, 6) is 0.0963. The summed E-state index contributed by atoms with van der Waals surface area (Å²) in [5.41, 5.74) is 2.06. The third-order valence-electron chi connectivity index (χ3n) is 5.96. The fourth-order valence-corrected chi connectivity index (χ4v) is 5.03. The van der Waals surface area contributed by atoms with Crippen molar-refractivity contribution in [1.29, 1.82) is 0 Å². The largest absolute Gasteiger partial charge is 0.502 e. The van der Waals surface area contributed by atoms with Crippen LogP contribution < -0.4 is 20.3 Å². The second kappa shape index (κ2) is 8.90. The van der Waals surface area contributed by atoms with E-state index in [-0.39, 0.29) is 28.6 Å². The number of fused-ring (bicyclic) bond motifs is 1. The number of phenolic OH excluding ortho intramolecular Hbond substituents is 1. The molecule has 8 nitrogen and oxygen atoms in total. The van der Waals surface area contributed by atoms with Gasteiger partial charge in [0, 0.05) is 28.9 Å². The molecule has 2 atom stereocenters. The number of ether oxygens (including phenoxy) is 2. The summed E-state index contributed by atoms with van der Waals surface area (Å²) in [7, 11) is 2.88. The minimum absolute atomic E-state index is 0.00198. The second-order valence-corrected chi connectivity index (χ2v) is 9.40. The molecule has 32 heavy (non-hydrogen) atoms. The van der Waals surface area contributed by atoms with Crippen molar-refractivity contribution in [1.82, 2.24) is 9.97 Å². The molecule has 1 aromatic carbocycles. The van der Waals surface area contributed by atoms with Gasteiger partial charge in [0.05, 0.1) is 19.8 Å². The third kappa shape index (κ3) is 3.85. The molecule has 0 radical (unpaired) electrons. The van der Waals surface area contributed by atoms with E-state index in [1.165, 1.54) is 26.0 Å². The minimum atomic E-state index is -0.642. The number of benzene rings is 1. The number of allylic oxidation sites excluding steroid dienone is 2. The average Bonchev–Trinajstić information content (AvgIpc) is 2.78. The Morgan fingerprint density at radius 2 is 1.91 bits per heavy atom. The first kappa shape index (κ1) is 22.3. The molecule has 0 saturated heterocycles. The van der Waals surface area contributed by atoms with Crippen molar-refractivity contribution in [3.8, 4) is 17.2 Å². The van der Waals surface area contributed by atoms with Crippen LogP contribution in [0.5, 0.6) is 17.2 Å². The van der Waals surface area contributed by atoms with Crippen LogP contribution in [0.2, 0.25) is 0 Å². The second-order valence-electron chi connectivity index (χ2n) is 7.97. The molecule has 2 heterocycles. The summed E-state index contributed by atoms with van der Waals surface area (Å²) in [5, 5.41) is 14.5. The number of nitrogens with one attached hydrogen (secondary N) is 2. The predicted octanol–water partition coefficient (Wildman–Crippen LogP) is 3.95. The molecule has 0 bridgehead atoms. The lowest BCUT2D eigenvalue weighted by molar-refractivity contribution is -0.116. The van der Waals surface area contributed by atoms with E-state index < -0.39 is 5.92 Å². The molecular formula is C23H27N3O5S. The molecule has 2 aromatic rings. The standard InChI is InChI=1S/C23H27N3O5S/c1-5-11(2)32-23-25-21-19(22(29)26-23)17(18-13(24-21)7-6-8-14(18)27)12-9-15(30-3)20(28)16(10-12)31-4/h9-11,17,28H,5-8H2,1-4H3,(H2,24,25,26,29). The summed E-state index contributed by atoms with van der Waals surface area (Å²) in [6.07, 6.45) is 2.81. The number of carbonyl (C=O) groups excluding carboxylic acids is 1. The smallest absolute Gasteiger partial charge is 0.257 e. The summed E-state index contributed by atoms with van der Waals surface area (Å²) >= 11 is 1.51. The van der Waals surface area contributed by atoms with Crippen LogP contribution in [0.1, 0.15) is 56.6 Å². The summed E-state index contributed by atoms with van der Waals surface area (Å²) in [4.78, 5) is 33.9. The highest BCUT2D eigenvalue weighted by atomic mass is 32.2. The maximum absolute atomic E-state index is 13.3. The Hall–Kier alpha value is -2.94. The van der Waals surface area contributed by atoms with Gasteiger partial charge in [0.2, 0.25) is 5.75 Å². The van der Waals surface area contributed by atoms with E-state index in [1.807, 2.05) is 0 Å². The fraction of sp³-hybridized carbons (Fsp3) is 0.435. The lowest BCUT2D eigenvalue weighted by Gasteiger charge is -2.33. The summed E-state index contributed by atoms with van der Waals surface area (Å²) < 4.78 is 10.6. The van der Waals surface area contributed by atoms with Crippen molar-refractivity contribution >= 4 is 23.4 Å². The van der Waals surface area contributed by atoms with E-state index >= 15 is 0 Å². The topological polar surface area (TPSA) is 114 Å². The van der Waals surface area contributed by atoms with Gasteiger partial charge in [-0.3, -0.25) is 9.59 Å². The Balaban J connectivity index is 1.94. The predicted molar refractivity (Wildman–Crippen MR) is 123 cm³/mol. The van der Waals surface area contributed by atoms with Crippen LogP contribution in [0.4, 0.5) is 5.82 Å². The van der Waals surface area contributed by atoms with Crippen molar-refractivity contribution in [3.63, 3.8) is 0 Å². The molecule has 0 spiro atoms. The van der Waals surface area contributed by atoms with E-state index in [1.54, 1.807) is 12.1 Å². The number of aromatic hydroxyl groups is 1. The zero-order valence-electron chi connectivity index (χ0n) is 18.6. The molecule has 0 amide bonds. The van der Waals surface area contributed by atoms with Gasteiger partial charge in [0.1, 0.15) is 5.82 Å². The molecular weight excluding hydrogens is 430 g/mol. The number of methoxy groups -OCH3 is 2. The van der Waals surface area contributed by atoms with Gasteiger partial charge in [-0.15, -0.1) is 0 Å². The number of ketones is 1. The first-order chi connectivity index (χ1) is 15.4. The van der Waals surface area contributed by atoms with E-state index in [0.29, 0.717) is 45.8 Å². The summed E-state index contributed by atoms with van der Waals surface area (Å²) in [6.45, 7) is 4.16. The monoisotopic (exact) mass is 457 g/mol. The first-order valence-electron chi connectivity index (χ1n) is 10.7. The molecule has 2 unspecified atom stereocenters. The van der Waals surface area contributed by atoms with Crippen molar-refractivity contribution in [2.24, 2.45) is 0 Å². The van der Waals surface area contributed by atoms with Crippen LogP contribution in [0.15, 0.2) is 33.4 Å². The van der Waals surface area contributed by atoms with Crippen molar-refractivity contribution in [2.45, 2.75) is 55.9 Å². The SMILES string of the molecule is CCC(C)Sc1nc2c(c(=O)[nH]1)C(c1cc(OC)c(O)c(OC)c1)C1=C(CCCC1=O)N2. The zero-order chi connectivity index (χ0) is 23.0. The summed E-state index contributed by atoms with van der Waals surface area (Å²) in [6, 6.07) is 3.29. The van der Waals surface area contributed by atoms with Gasteiger partial charge < -0.3 is 24.9 Å². The van der Waals surface area contributed by atoms with E-state index in [9.17, 15) is 14.7 Å². The normalized spacial score (nSPS) is 18.5. The van der Waals surface area contributed by atoms with Crippen LogP contribution in [-0.4, -0.2) is 40.3 Å². The van der Waals surface area contributed by atoms with Crippen LogP contribution in [0.3, 0.4) is 0 Å². The maximum atomic E-state index is 13.3. The van der Waals surface area contributed by atoms with Crippen molar-refractivity contribution < 1.29 is 19.4 Å². The van der Waals surface area contributed by atoms with Gasteiger partial charge in [-0.25, -0.2) is 4.98 Å². The van der Waals surface area contributed by atoms with Gasteiger partial charge in [0.15, 0.2) is 22.4 Å². The molecule has 1 aliphatic carbocycles. The number of nitrogens with zero attached hydrogens (tertiary/aromatic N) is 1. The third-order valence-corrected chi connectivity index (χ3v) is 7.11. The molecule has 2 aliphatic rings. The first-order valence-corrected chi connectivity index (χ1v) is 11.5. The van der Waals surface area contributed by atoms with E-state index in [4.69, 9.17) is 14.5 Å². The number of phenols is 1. The molecule has 1 aliphatic heterocycles. The molecule has 9 heteroatoms. The lowest BCUT2D eigenvalue weighted by atomic mass is 9.76. The molecule has 170 valence electrons. The Bertz CT molecular complexity index is 1130. The van der Waals surface area contributed by atoms with Gasteiger partial charge in [-0.1, -0.05) is 25.6 Å². The number of carbonyl (C=O) groups is 1. The molecule has 0 saturated carbocycles. The van der Waals surface area contributed by atoms with Crippen LogP contribution >= 0.6 is 11.8 Å². The highest BCUT2D eigenvalue weighted by Gasteiger charge is 2.38. The number of hydrogen-bond donors (Lipinski definition) is 3. The fourth-order valence-electron chi connectivity index (χ4n) is 4.18. The van der Waals surface area contributed by atoms with Crippen molar-refractivity contribution in [3.05, 3.63) is 44.9 Å². The average molecular weight is 458 g/mol. The molecule has 4 rings (SSSR count).